The van der Waals surface area contributed by atoms with Gasteiger partial charge in [-0.3, -0.25) is 0 Å². The molecule has 1 aliphatic heterocycles. The molecular formula is C13H20N2O4S. The van der Waals surface area contributed by atoms with Gasteiger partial charge in [0.25, 0.3) is 0 Å². The van der Waals surface area contributed by atoms with Crippen molar-refractivity contribution >= 4 is 16.0 Å². The third-order valence-corrected chi connectivity index (χ3v) is 5.73. The molecule has 1 saturated heterocycles. The maximum Gasteiger partial charge on any atom is 0.352 e. The molecule has 1 N–H and O–H groups in total. The van der Waals surface area contributed by atoms with E-state index in [-0.39, 0.29) is 10.6 Å². The molecule has 0 saturated carbocycles. The Morgan fingerprint density at radius 1 is 1.50 bits per heavy atom. The zero-order valence-corrected chi connectivity index (χ0v) is 12.6. The molecule has 0 aromatic carbocycles. The van der Waals surface area contributed by atoms with E-state index in [1.54, 1.807) is 0 Å². The molecule has 1 unspecified atom stereocenters. The van der Waals surface area contributed by atoms with Crippen LogP contribution in [-0.2, 0) is 17.1 Å². The van der Waals surface area contributed by atoms with E-state index in [1.807, 2.05) is 0 Å². The van der Waals surface area contributed by atoms with E-state index in [4.69, 9.17) is 5.11 Å². The molecule has 1 aromatic heterocycles. The summed E-state index contributed by atoms with van der Waals surface area (Å²) >= 11 is 0. The lowest BCUT2D eigenvalue weighted by molar-refractivity contribution is 0.0686. The van der Waals surface area contributed by atoms with Gasteiger partial charge in [-0.25, -0.2) is 13.2 Å². The number of carboxylic acid groups (broad SMARTS) is 1. The van der Waals surface area contributed by atoms with Crippen LogP contribution in [0, 0.1) is 5.92 Å². The largest absolute Gasteiger partial charge is 0.477 e. The van der Waals surface area contributed by atoms with Crippen molar-refractivity contribution in [2.24, 2.45) is 13.0 Å². The summed E-state index contributed by atoms with van der Waals surface area (Å²) in [4.78, 5) is 11.1. The van der Waals surface area contributed by atoms with Crippen molar-refractivity contribution < 1.29 is 18.3 Å². The van der Waals surface area contributed by atoms with Crippen molar-refractivity contribution in [3.63, 3.8) is 0 Å². The number of carbonyl (C=O) groups is 1. The molecule has 20 heavy (non-hydrogen) atoms. The lowest BCUT2D eigenvalue weighted by Gasteiger charge is -2.31. The molecule has 6 nitrogen and oxygen atoms in total. The van der Waals surface area contributed by atoms with Gasteiger partial charge in [0, 0.05) is 26.3 Å². The lowest BCUT2D eigenvalue weighted by atomic mass is 9.97. The summed E-state index contributed by atoms with van der Waals surface area (Å²) < 4.78 is 27.9. The summed E-state index contributed by atoms with van der Waals surface area (Å²) in [6.07, 6.45) is 4.24. The maximum absolute atomic E-state index is 12.6. The molecule has 1 fully saturated rings. The highest BCUT2D eigenvalue weighted by atomic mass is 32.2. The van der Waals surface area contributed by atoms with E-state index in [1.165, 1.54) is 28.2 Å². The second-order valence-corrected chi connectivity index (χ2v) is 7.19. The highest BCUT2D eigenvalue weighted by Crippen LogP contribution is 2.26. The zero-order valence-electron chi connectivity index (χ0n) is 11.7. The Bertz CT molecular complexity index is 606. The van der Waals surface area contributed by atoms with Gasteiger partial charge in [0.1, 0.15) is 10.6 Å². The number of rotatable bonds is 4. The van der Waals surface area contributed by atoms with E-state index in [9.17, 15) is 13.2 Å². The monoisotopic (exact) mass is 300 g/mol. The maximum atomic E-state index is 12.6. The summed E-state index contributed by atoms with van der Waals surface area (Å²) in [6, 6.07) is 1.23. The Labute approximate surface area is 119 Å². The average Bonchev–Trinajstić information content (AvgIpc) is 2.82. The Balaban J connectivity index is 2.30. The number of nitrogens with zero attached hydrogens (tertiary/aromatic N) is 2. The Morgan fingerprint density at radius 2 is 2.20 bits per heavy atom. The van der Waals surface area contributed by atoms with E-state index < -0.39 is 16.0 Å². The molecule has 112 valence electrons. The number of aryl methyl sites for hydroxylation is 1. The van der Waals surface area contributed by atoms with E-state index >= 15 is 0 Å². The van der Waals surface area contributed by atoms with Gasteiger partial charge >= 0.3 is 5.97 Å². The van der Waals surface area contributed by atoms with Crippen molar-refractivity contribution in [3.05, 3.63) is 18.0 Å². The van der Waals surface area contributed by atoms with Crippen LogP contribution in [0.25, 0.3) is 0 Å². The number of sulfonamides is 1. The highest BCUT2D eigenvalue weighted by Gasteiger charge is 2.31. The number of aromatic carboxylic acids is 1. The molecule has 1 atom stereocenters. The lowest BCUT2D eigenvalue weighted by Crippen LogP contribution is -2.39. The van der Waals surface area contributed by atoms with Crippen LogP contribution in [0.2, 0.25) is 0 Å². The van der Waals surface area contributed by atoms with Crippen molar-refractivity contribution in [2.45, 2.75) is 31.1 Å². The smallest absolute Gasteiger partial charge is 0.352 e. The first-order chi connectivity index (χ1) is 9.36. The van der Waals surface area contributed by atoms with Gasteiger partial charge in [-0.15, -0.1) is 0 Å². The number of hydrogen-bond donors (Lipinski definition) is 1. The minimum Gasteiger partial charge on any atom is -0.477 e. The minimum atomic E-state index is -3.59. The fourth-order valence-electron chi connectivity index (χ4n) is 2.62. The van der Waals surface area contributed by atoms with Crippen LogP contribution in [0.15, 0.2) is 17.2 Å². The summed E-state index contributed by atoms with van der Waals surface area (Å²) in [7, 11) is -2.06. The van der Waals surface area contributed by atoms with Crippen LogP contribution >= 0.6 is 0 Å². The number of piperidine rings is 1. The number of hydrogen-bond acceptors (Lipinski definition) is 3. The van der Waals surface area contributed by atoms with Crippen molar-refractivity contribution in [2.75, 3.05) is 13.1 Å². The average molecular weight is 300 g/mol. The highest BCUT2D eigenvalue weighted by molar-refractivity contribution is 7.89. The van der Waals surface area contributed by atoms with E-state index in [0.717, 1.165) is 19.3 Å². The molecule has 0 amide bonds. The number of aromatic nitrogens is 1. The fourth-order valence-corrected chi connectivity index (χ4v) is 4.24. The van der Waals surface area contributed by atoms with Gasteiger partial charge in [-0.1, -0.05) is 13.3 Å². The van der Waals surface area contributed by atoms with Gasteiger partial charge in [-0.2, -0.15) is 4.31 Å². The van der Waals surface area contributed by atoms with Gasteiger partial charge < -0.3 is 9.67 Å². The molecular weight excluding hydrogens is 280 g/mol. The predicted octanol–water partition coefficient (Wildman–Crippen LogP) is 1.53. The normalized spacial score (nSPS) is 21.0. The van der Waals surface area contributed by atoms with Crippen molar-refractivity contribution in [1.82, 2.24) is 8.87 Å². The summed E-state index contributed by atoms with van der Waals surface area (Å²) in [5.74, 6) is -0.736. The molecule has 0 bridgehead atoms. The molecule has 1 aromatic rings. The molecule has 7 heteroatoms. The topological polar surface area (TPSA) is 79.6 Å². The third-order valence-electron chi connectivity index (χ3n) is 3.90. The first-order valence-electron chi connectivity index (χ1n) is 6.76. The Kier molecular flexibility index (Phi) is 4.19. The fraction of sp³-hybridized carbons (Fsp3) is 0.615. The van der Waals surface area contributed by atoms with Crippen LogP contribution in [-0.4, -0.2) is 41.5 Å². The second-order valence-electron chi connectivity index (χ2n) is 5.26. The van der Waals surface area contributed by atoms with Gasteiger partial charge in [0.2, 0.25) is 10.0 Å². The van der Waals surface area contributed by atoms with Crippen LogP contribution < -0.4 is 0 Å². The van der Waals surface area contributed by atoms with Crippen LogP contribution in [0.5, 0.6) is 0 Å². The van der Waals surface area contributed by atoms with E-state index in [2.05, 4.69) is 6.92 Å². The minimum absolute atomic E-state index is 0.0207. The van der Waals surface area contributed by atoms with E-state index in [0.29, 0.717) is 19.0 Å². The SMILES string of the molecule is CCC1CCCN(S(=O)(=O)c2cc(C(=O)O)n(C)c2)C1. The van der Waals surface area contributed by atoms with Crippen molar-refractivity contribution in [1.29, 1.82) is 0 Å². The molecule has 1 aliphatic rings. The Morgan fingerprint density at radius 3 is 2.75 bits per heavy atom. The van der Waals surface area contributed by atoms with Crippen LogP contribution in [0.4, 0.5) is 0 Å². The van der Waals surface area contributed by atoms with Gasteiger partial charge in [-0.05, 0) is 24.8 Å². The third kappa shape index (κ3) is 2.73. The standard InChI is InChI=1S/C13H20N2O4S/c1-3-10-5-4-6-15(8-10)20(18,19)11-7-12(13(16)17)14(2)9-11/h7,9-10H,3-6,8H2,1-2H3,(H,16,17). The van der Waals surface area contributed by atoms with Gasteiger partial charge in [0.15, 0.2) is 0 Å². The summed E-state index contributed by atoms with van der Waals surface area (Å²) in [6.45, 7) is 3.10. The Hall–Kier alpha value is -1.34. The first kappa shape index (κ1) is 15.1. The predicted molar refractivity (Wildman–Crippen MR) is 74.1 cm³/mol. The van der Waals surface area contributed by atoms with Crippen LogP contribution in [0.1, 0.15) is 36.7 Å². The van der Waals surface area contributed by atoms with Crippen molar-refractivity contribution in [3.8, 4) is 0 Å². The van der Waals surface area contributed by atoms with Crippen LogP contribution in [0.3, 0.4) is 0 Å². The molecule has 2 heterocycles. The summed E-state index contributed by atoms with van der Waals surface area (Å²) in [5.41, 5.74) is -0.0207. The molecule has 2 rings (SSSR count). The first-order valence-corrected chi connectivity index (χ1v) is 8.20. The molecule has 0 aliphatic carbocycles. The zero-order chi connectivity index (χ0) is 14.9. The quantitative estimate of drug-likeness (QED) is 0.914. The second kappa shape index (κ2) is 5.57. The molecule has 0 radical (unpaired) electrons. The number of carboxylic acids is 1. The molecule has 0 spiro atoms. The summed E-state index contributed by atoms with van der Waals surface area (Å²) in [5, 5.41) is 9.01. The van der Waals surface area contributed by atoms with Gasteiger partial charge in [0.05, 0.1) is 0 Å².